The molecular formula is C14H26N2S. The molecule has 0 aliphatic heterocycles. The third kappa shape index (κ3) is 4.41. The van der Waals surface area contributed by atoms with Crippen LogP contribution in [0.5, 0.6) is 0 Å². The summed E-state index contributed by atoms with van der Waals surface area (Å²) in [5.41, 5.74) is 0. The molecule has 0 bridgehead atoms. The molecule has 1 aromatic heterocycles. The molecule has 1 aromatic rings. The second-order valence-electron chi connectivity index (χ2n) is 4.62. The van der Waals surface area contributed by atoms with Gasteiger partial charge in [-0.15, -0.1) is 11.3 Å². The van der Waals surface area contributed by atoms with E-state index in [4.69, 9.17) is 0 Å². The van der Waals surface area contributed by atoms with Crippen LogP contribution in [0.15, 0.2) is 17.5 Å². The molecule has 2 atom stereocenters. The van der Waals surface area contributed by atoms with Gasteiger partial charge in [0.1, 0.15) is 0 Å². The summed E-state index contributed by atoms with van der Waals surface area (Å²) < 4.78 is 0. The van der Waals surface area contributed by atoms with Gasteiger partial charge >= 0.3 is 0 Å². The van der Waals surface area contributed by atoms with Crippen molar-refractivity contribution < 1.29 is 0 Å². The zero-order chi connectivity index (χ0) is 12.7. The topological polar surface area (TPSA) is 15.3 Å². The molecule has 2 nitrogen and oxygen atoms in total. The monoisotopic (exact) mass is 254 g/mol. The molecule has 1 heterocycles. The zero-order valence-electron chi connectivity index (χ0n) is 11.6. The Balaban J connectivity index is 2.50. The highest BCUT2D eigenvalue weighted by molar-refractivity contribution is 7.10. The zero-order valence-corrected chi connectivity index (χ0v) is 12.4. The van der Waals surface area contributed by atoms with Gasteiger partial charge in [0, 0.05) is 23.5 Å². The largest absolute Gasteiger partial charge is 0.315 e. The van der Waals surface area contributed by atoms with E-state index in [0.717, 1.165) is 13.1 Å². The minimum atomic E-state index is 0.517. The minimum Gasteiger partial charge on any atom is -0.315 e. The van der Waals surface area contributed by atoms with Gasteiger partial charge in [-0.3, -0.25) is 4.90 Å². The maximum absolute atomic E-state index is 3.53. The molecule has 0 aromatic carbocycles. The predicted molar refractivity (Wildman–Crippen MR) is 77.7 cm³/mol. The number of thiophene rings is 1. The Kier molecular flexibility index (Phi) is 6.78. The molecule has 1 rings (SSSR count). The summed E-state index contributed by atoms with van der Waals surface area (Å²) in [7, 11) is 2.24. The third-order valence-electron chi connectivity index (χ3n) is 3.42. The summed E-state index contributed by atoms with van der Waals surface area (Å²) in [5.74, 6) is 0. The van der Waals surface area contributed by atoms with Crippen molar-refractivity contribution in [2.75, 3.05) is 20.1 Å². The van der Waals surface area contributed by atoms with E-state index >= 15 is 0 Å². The molecule has 0 aliphatic rings. The number of hydrogen-bond donors (Lipinski definition) is 1. The van der Waals surface area contributed by atoms with Gasteiger partial charge in [-0.25, -0.2) is 0 Å². The van der Waals surface area contributed by atoms with Crippen LogP contribution in [0, 0.1) is 0 Å². The second kappa shape index (κ2) is 7.85. The Hall–Kier alpha value is -0.380. The first-order chi connectivity index (χ1) is 8.20. The quantitative estimate of drug-likeness (QED) is 0.714. The molecular weight excluding hydrogens is 228 g/mol. The van der Waals surface area contributed by atoms with E-state index in [1.54, 1.807) is 0 Å². The smallest absolute Gasteiger partial charge is 0.0413 e. The van der Waals surface area contributed by atoms with Crippen molar-refractivity contribution in [2.24, 2.45) is 0 Å². The highest BCUT2D eigenvalue weighted by Crippen LogP contribution is 2.25. The van der Waals surface area contributed by atoms with Crippen LogP contribution >= 0.6 is 11.3 Å². The van der Waals surface area contributed by atoms with Crippen molar-refractivity contribution in [3.05, 3.63) is 22.4 Å². The standard InChI is InChI=1S/C14H26N2S/c1-5-9-15-11-13(6-2)16(4)12(3)14-8-7-10-17-14/h7-8,10,12-13,15H,5-6,9,11H2,1-4H3. The molecule has 3 heteroatoms. The Morgan fingerprint density at radius 2 is 2.18 bits per heavy atom. The molecule has 0 fully saturated rings. The molecule has 0 radical (unpaired) electrons. The maximum atomic E-state index is 3.53. The molecule has 0 spiro atoms. The van der Waals surface area contributed by atoms with Crippen LogP contribution < -0.4 is 5.32 Å². The average molecular weight is 254 g/mol. The summed E-state index contributed by atoms with van der Waals surface area (Å²) in [6.07, 6.45) is 2.41. The molecule has 98 valence electrons. The number of likely N-dealkylation sites (N-methyl/N-ethyl adjacent to an activating group) is 1. The van der Waals surface area contributed by atoms with Crippen LogP contribution in [0.1, 0.15) is 44.5 Å². The lowest BCUT2D eigenvalue weighted by molar-refractivity contribution is 0.178. The molecule has 0 amide bonds. The Morgan fingerprint density at radius 1 is 1.41 bits per heavy atom. The van der Waals surface area contributed by atoms with E-state index in [1.807, 2.05) is 11.3 Å². The summed E-state index contributed by atoms with van der Waals surface area (Å²) in [5, 5.41) is 5.69. The lowest BCUT2D eigenvalue weighted by atomic mass is 10.1. The highest BCUT2D eigenvalue weighted by atomic mass is 32.1. The van der Waals surface area contributed by atoms with E-state index in [0.29, 0.717) is 12.1 Å². The van der Waals surface area contributed by atoms with Crippen molar-refractivity contribution in [1.29, 1.82) is 0 Å². The minimum absolute atomic E-state index is 0.517. The van der Waals surface area contributed by atoms with Crippen LogP contribution in [-0.2, 0) is 0 Å². The van der Waals surface area contributed by atoms with Gasteiger partial charge in [0.05, 0.1) is 0 Å². The van der Waals surface area contributed by atoms with Crippen LogP contribution in [-0.4, -0.2) is 31.1 Å². The number of nitrogens with one attached hydrogen (secondary N) is 1. The molecule has 0 saturated heterocycles. The van der Waals surface area contributed by atoms with Crippen LogP contribution in [0.3, 0.4) is 0 Å². The summed E-state index contributed by atoms with van der Waals surface area (Å²) in [6.45, 7) is 9.00. The van der Waals surface area contributed by atoms with Gasteiger partial charge in [0.15, 0.2) is 0 Å². The van der Waals surface area contributed by atoms with Gasteiger partial charge in [-0.05, 0) is 44.8 Å². The first kappa shape index (κ1) is 14.7. The van der Waals surface area contributed by atoms with Crippen molar-refractivity contribution in [3.63, 3.8) is 0 Å². The van der Waals surface area contributed by atoms with E-state index < -0.39 is 0 Å². The highest BCUT2D eigenvalue weighted by Gasteiger charge is 2.19. The van der Waals surface area contributed by atoms with E-state index in [1.165, 1.54) is 17.7 Å². The Morgan fingerprint density at radius 3 is 2.71 bits per heavy atom. The van der Waals surface area contributed by atoms with E-state index in [2.05, 4.69) is 55.5 Å². The molecule has 0 saturated carbocycles. The molecule has 0 aliphatic carbocycles. The fourth-order valence-electron chi connectivity index (χ4n) is 2.07. The van der Waals surface area contributed by atoms with Crippen molar-refractivity contribution >= 4 is 11.3 Å². The van der Waals surface area contributed by atoms with Gasteiger partial charge in [-0.2, -0.15) is 0 Å². The number of rotatable bonds is 8. The first-order valence-electron chi connectivity index (χ1n) is 6.66. The molecule has 2 unspecified atom stereocenters. The third-order valence-corrected chi connectivity index (χ3v) is 4.46. The van der Waals surface area contributed by atoms with Gasteiger partial charge in [0.2, 0.25) is 0 Å². The SMILES string of the molecule is CCCNCC(CC)N(C)C(C)c1cccs1. The summed E-state index contributed by atoms with van der Waals surface area (Å²) >= 11 is 1.85. The molecule has 1 N–H and O–H groups in total. The fourth-order valence-corrected chi connectivity index (χ4v) is 2.90. The van der Waals surface area contributed by atoms with Gasteiger partial charge in [0.25, 0.3) is 0 Å². The van der Waals surface area contributed by atoms with Crippen LogP contribution in [0.25, 0.3) is 0 Å². The maximum Gasteiger partial charge on any atom is 0.0413 e. The van der Waals surface area contributed by atoms with Crippen LogP contribution in [0.2, 0.25) is 0 Å². The van der Waals surface area contributed by atoms with Gasteiger partial charge in [-0.1, -0.05) is 19.9 Å². The van der Waals surface area contributed by atoms with Gasteiger partial charge < -0.3 is 5.32 Å². The Labute approximate surface area is 110 Å². The van der Waals surface area contributed by atoms with Crippen molar-refractivity contribution in [3.8, 4) is 0 Å². The Bertz CT molecular complexity index is 284. The normalized spacial score (nSPS) is 15.1. The lowest BCUT2D eigenvalue weighted by Crippen LogP contribution is -2.41. The number of nitrogens with zero attached hydrogens (tertiary/aromatic N) is 1. The fraction of sp³-hybridized carbons (Fsp3) is 0.714. The average Bonchev–Trinajstić information content (AvgIpc) is 2.87. The second-order valence-corrected chi connectivity index (χ2v) is 5.60. The molecule has 17 heavy (non-hydrogen) atoms. The first-order valence-corrected chi connectivity index (χ1v) is 7.54. The lowest BCUT2D eigenvalue weighted by Gasteiger charge is -2.32. The number of hydrogen-bond acceptors (Lipinski definition) is 3. The van der Waals surface area contributed by atoms with Crippen molar-refractivity contribution in [1.82, 2.24) is 10.2 Å². The summed E-state index contributed by atoms with van der Waals surface area (Å²) in [6, 6.07) is 5.51. The van der Waals surface area contributed by atoms with E-state index in [9.17, 15) is 0 Å². The van der Waals surface area contributed by atoms with E-state index in [-0.39, 0.29) is 0 Å². The van der Waals surface area contributed by atoms with Crippen molar-refractivity contribution in [2.45, 2.75) is 45.7 Å². The predicted octanol–water partition coefficient (Wildman–Crippen LogP) is 3.52. The van der Waals surface area contributed by atoms with Crippen LogP contribution in [0.4, 0.5) is 0 Å². The summed E-state index contributed by atoms with van der Waals surface area (Å²) in [4.78, 5) is 3.95.